The summed E-state index contributed by atoms with van der Waals surface area (Å²) in [5, 5.41) is 4.06. The van der Waals surface area contributed by atoms with Crippen LogP contribution in [0.2, 0.25) is 0 Å². The number of halogens is 4. The van der Waals surface area contributed by atoms with E-state index in [4.69, 9.17) is 15.2 Å². The molecule has 13 heteroatoms. The maximum atomic E-state index is 13.0. The minimum absolute atomic E-state index is 0.0182. The highest BCUT2D eigenvalue weighted by Gasteiger charge is 2.42. The molecule has 1 aromatic carbocycles. The van der Waals surface area contributed by atoms with Gasteiger partial charge in [0.1, 0.15) is 5.69 Å². The largest absolute Gasteiger partial charge is 0.491 e. The molecule has 1 aliphatic heterocycles. The van der Waals surface area contributed by atoms with Crippen LogP contribution in [-0.2, 0) is 11.3 Å². The van der Waals surface area contributed by atoms with Gasteiger partial charge in [-0.25, -0.2) is 23.1 Å². The molecule has 2 aromatic heterocycles. The van der Waals surface area contributed by atoms with Crippen molar-refractivity contribution < 1.29 is 36.6 Å². The first kappa shape index (κ1) is 21.4. The molecule has 0 atom stereocenters. The first-order valence-electron chi connectivity index (χ1n) is 9.02. The van der Waals surface area contributed by atoms with E-state index in [1.54, 1.807) is 0 Å². The molecule has 4 rings (SSSR count). The molecule has 3 heterocycles. The van der Waals surface area contributed by atoms with Crippen molar-refractivity contribution in [1.29, 1.82) is 0 Å². The zero-order chi connectivity index (χ0) is 23.0. The fourth-order valence-electron chi connectivity index (χ4n) is 3.08. The molecule has 3 aromatic rings. The van der Waals surface area contributed by atoms with Gasteiger partial charge in [0.2, 0.25) is 6.79 Å². The zero-order valence-corrected chi connectivity index (χ0v) is 16.1. The number of benzene rings is 1. The van der Waals surface area contributed by atoms with E-state index in [1.165, 1.54) is 24.3 Å². The lowest BCUT2D eigenvalue weighted by Gasteiger charge is -2.13. The van der Waals surface area contributed by atoms with Gasteiger partial charge in [0.25, 0.3) is 0 Å². The van der Waals surface area contributed by atoms with Crippen molar-refractivity contribution >= 4 is 11.6 Å². The number of carbonyl (C=O) groups is 1. The zero-order valence-electron chi connectivity index (χ0n) is 16.1. The van der Waals surface area contributed by atoms with E-state index in [1.807, 2.05) is 0 Å². The van der Waals surface area contributed by atoms with Crippen LogP contribution < -0.4 is 25.6 Å². The van der Waals surface area contributed by atoms with E-state index in [0.29, 0.717) is 5.75 Å². The molecule has 0 radical (unpaired) electrons. The van der Waals surface area contributed by atoms with Crippen molar-refractivity contribution in [2.24, 2.45) is 5.73 Å². The summed E-state index contributed by atoms with van der Waals surface area (Å²) in [5.41, 5.74) is 4.68. The summed E-state index contributed by atoms with van der Waals surface area (Å²) in [4.78, 5) is 24.5. The Hall–Kier alpha value is -3.87. The van der Waals surface area contributed by atoms with Gasteiger partial charge in [0.15, 0.2) is 22.9 Å². The monoisotopic (exact) mass is 454 g/mol. The molecular weight excluding hydrogens is 440 g/mol. The van der Waals surface area contributed by atoms with E-state index in [2.05, 4.69) is 9.84 Å². The Kier molecular flexibility index (Phi) is 5.34. The van der Waals surface area contributed by atoms with Crippen molar-refractivity contribution in [2.45, 2.75) is 12.7 Å². The van der Waals surface area contributed by atoms with Gasteiger partial charge < -0.3 is 19.9 Å². The first-order valence-corrected chi connectivity index (χ1v) is 9.02. The third-order valence-corrected chi connectivity index (χ3v) is 4.55. The van der Waals surface area contributed by atoms with Gasteiger partial charge in [-0.2, -0.15) is 13.2 Å². The van der Waals surface area contributed by atoms with Crippen molar-refractivity contribution in [3.05, 3.63) is 52.7 Å². The fourth-order valence-corrected chi connectivity index (χ4v) is 3.08. The first-order chi connectivity index (χ1) is 15.2. The van der Waals surface area contributed by atoms with Gasteiger partial charge in [0.05, 0.1) is 12.9 Å². The average molecular weight is 454 g/mol. The predicted octanol–water partition coefficient (Wildman–Crippen LogP) is 2.17. The molecule has 0 saturated carbocycles. The van der Waals surface area contributed by atoms with Crippen LogP contribution in [0.1, 0.15) is 0 Å². The van der Waals surface area contributed by atoms with Crippen LogP contribution in [0.25, 0.3) is 16.9 Å². The van der Waals surface area contributed by atoms with E-state index >= 15 is 0 Å². The number of alkyl halides is 3. The summed E-state index contributed by atoms with van der Waals surface area (Å²) in [7, 11) is 0. The summed E-state index contributed by atoms with van der Waals surface area (Å²) < 4.78 is 68.3. The van der Waals surface area contributed by atoms with Crippen LogP contribution in [0, 0.1) is 0 Å². The Balaban J connectivity index is 1.93. The van der Waals surface area contributed by atoms with Gasteiger partial charge >= 0.3 is 17.8 Å². The quantitative estimate of drug-likeness (QED) is 0.465. The topological polar surface area (TPSA) is 110 Å². The number of hydrogen-bond acceptors (Lipinski definition) is 7. The second-order valence-electron chi connectivity index (χ2n) is 6.61. The smallest absolute Gasteiger partial charge is 0.454 e. The maximum absolute atomic E-state index is 13.0. The minimum Gasteiger partial charge on any atom is -0.454 e. The lowest BCUT2D eigenvalue weighted by molar-refractivity contribution is -0.189. The molecule has 9 nitrogen and oxygen atoms in total. The summed E-state index contributed by atoms with van der Waals surface area (Å²) in [6.07, 6.45) is -5.02. The normalized spacial score (nSPS) is 13.6. The lowest BCUT2D eigenvalue weighted by atomic mass is 10.1. The molecule has 1 aliphatic rings. The summed E-state index contributed by atoms with van der Waals surface area (Å²) in [6.45, 7) is -0.528. The fraction of sp³-hybridized carbons (Fsp3) is 0.211. The number of fused-ring (bicyclic) bond motifs is 2. The molecule has 0 aliphatic carbocycles. The van der Waals surface area contributed by atoms with Gasteiger partial charge in [-0.15, -0.1) is 5.10 Å². The van der Waals surface area contributed by atoms with Crippen LogP contribution in [0.3, 0.4) is 0 Å². The van der Waals surface area contributed by atoms with Crippen molar-refractivity contribution in [1.82, 2.24) is 14.2 Å². The molecule has 0 saturated heterocycles. The lowest BCUT2D eigenvalue weighted by Crippen LogP contribution is -2.29. The molecule has 0 fully saturated rings. The SMILES string of the molecule is NC/C(=C\F)Cn1nc2ccc(OC(=O)C(F)(F)F)c(-c3ccc4c(c3)OCO4)n2c1=O. The standard InChI is InChI=1S/C19H14F4N4O5/c20-6-10(7-24)8-26-18(29)27-15(25-26)4-3-13(32-17(28)19(21,22)23)16(27)11-1-2-12-14(5-11)31-9-30-12/h1-6H,7-9,24H2/b10-6+. The van der Waals surface area contributed by atoms with Crippen LogP contribution in [0.4, 0.5) is 17.6 Å². The van der Waals surface area contributed by atoms with Crippen LogP contribution in [0.5, 0.6) is 17.2 Å². The predicted molar refractivity (Wildman–Crippen MR) is 101 cm³/mol. The summed E-state index contributed by atoms with van der Waals surface area (Å²) in [6, 6.07) is 6.61. The molecule has 32 heavy (non-hydrogen) atoms. The van der Waals surface area contributed by atoms with E-state index in [-0.39, 0.29) is 54.4 Å². The Morgan fingerprint density at radius 1 is 1.22 bits per heavy atom. The number of aromatic nitrogens is 3. The Bertz CT molecular complexity index is 1300. The molecule has 0 unspecified atom stereocenters. The van der Waals surface area contributed by atoms with E-state index in [0.717, 1.165) is 15.1 Å². The highest BCUT2D eigenvalue weighted by molar-refractivity contribution is 5.82. The molecule has 0 amide bonds. The Morgan fingerprint density at radius 2 is 1.97 bits per heavy atom. The molecule has 0 spiro atoms. The van der Waals surface area contributed by atoms with Crippen molar-refractivity contribution in [3.8, 4) is 28.5 Å². The van der Waals surface area contributed by atoms with Crippen LogP contribution in [-0.4, -0.2) is 39.7 Å². The number of esters is 1. The molecular formula is C19H14F4N4O5. The highest BCUT2D eigenvalue weighted by atomic mass is 19.4. The molecule has 168 valence electrons. The maximum Gasteiger partial charge on any atom is 0.491 e. The van der Waals surface area contributed by atoms with Crippen molar-refractivity contribution in [3.63, 3.8) is 0 Å². The Morgan fingerprint density at radius 3 is 2.66 bits per heavy atom. The van der Waals surface area contributed by atoms with Crippen LogP contribution >= 0.6 is 0 Å². The Labute approximate surface area is 176 Å². The van der Waals surface area contributed by atoms with Gasteiger partial charge in [-0.3, -0.25) is 0 Å². The van der Waals surface area contributed by atoms with Gasteiger partial charge in [0, 0.05) is 12.1 Å². The number of ether oxygens (including phenoxy) is 3. The number of nitrogens with two attached hydrogens (primary N) is 1. The number of nitrogens with zero attached hydrogens (tertiary/aromatic N) is 3. The summed E-state index contributed by atoms with van der Waals surface area (Å²) in [5.74, 6) is -2.34. The summed E-state index contributed by atoms with van der Waals surface area (Å²) >= 11 is 0. The minimum atomic E-state index is -5.27. The number of pyridine rings is 1. The third-order valence-electron chi connectivity index (χ3n) is 4.55. The number of rotatable bonds is 5. The second-order valence-corrected chi connectivity index (χ2v) is 6.61. The van der Waals surface area contributed by atoms with Gasteiger partial charge in [-0.05, 0) is 35.9 Å². The number of hydrogen-bond donors (Lipinski definition) is 1. The third kappa shape index (κ3) is 3.77. The van der Waals surface area contributed by atoms with E-state index < -0.39 is 23.6 Å². The van der Waals surface area contributed by atoms with Crippen LogP contribution in [0.15, 0.2) is 47.0 Å². The van der Waals surface area contributed by atoms with Gasteiger partial charge in [-0.1, -0.05) is 0 Å². The van der Waals surface area contributed by atoms with Crippen molar-refractivity contribution in [2.75, 3.05) is 13.3 Å². The molecule has 2 N–H and O–H groups in total. The average Bonchev–Trinajstić information content (AvgIpc) is 3.35. The van der Waals surface area contributed by atoms with E-state index in [9.17, 15) is 27.2 Å². The number of carbonyl (C=O) groups excluding carboxylic acids is 1. The molecule has 0 bridgehead atoms. The second kappa shape index (κ2) is 8.00. The highest BCUT2D eigenvalue weighted by Crippen LogP contribution is 2.39.